The molecular weight excluding hydrogens is 346 g/mol. The maximum Gasteiger partial charge on any atom is 0.0579 e. The van der Waals surface area contributed by atoms with Gasteiger partial charge in [0.15, 0.2) is 0 Å². The Labute approximate surface area is 165 Å². The summed E-state index contributed by atoms with van der Waals surface area (Å²) >= 11 is 0. The number of fused-ring (bicyclic) bond motifs is 5. The molecule has 4 rings (SSSR count). The molecule has 3 nitrogen and oxygen atoms in total. The number of rotatable bonds is 2. The molecule has 4 heteroatoms. The molecular formula is C22H38ClNO2. The van der Waals surface area contributed by atoms with E-state index < -0.39 is 0 Å². The van der Waals surface area contributed by atoms with E-state index in [0.717, 1.165) is 38.0 Å². The van der Waals surface area contributed by atoms with Crippen molar-refractivity contribution in [2.24, 2.45) is 46.2 Å². The van der Waals surface area contributed by atoms with Gasteiger partial charge in [-0.2, -0.15) is 0 Å². The minimum absolute atomic E-state index is 0. The lowest BCUT2D eigenvalue weighted by Crippen LogP contribution is -2.51. The van der Waals surface area contributed by atoms with Crippen molar-refractivity contribution in [3.05, 3.63) is 11.6 Å². The molecule has 3 fully saturated rings. The van der Waals surface area contributed by atoms with Crippen LogP contribution in [-0.2, 0) is 0 Å². The van der Waals surface area contributed by atoms with Gasteiger partial charge in [0.05, 0.1) is 12.2 Å². The molecule has 0 radical (unpaired) electrons. The molecule has 0 saturated heterocycles. The molecule has 0 bridgehead atoms. The van der Waals surface area contributed by atoms with Gasteiger partial charge in [0.2, 0.25) is 0 Å². The first kappa shape index (κ1) is 20.6. The summed E-state index contributed by atoms with van der Waals surface area (Å²) in [6.07, 6.45) is 9.76. The van der Waals surface area contributed by atoms with E-state index in [1.54, 1.807) is 0 Å². The van der Waals surface area contributed by atoms with Gasteiger partial charge >= 0.3 is 0 Å². The number of aliphatic hydroxyl groups is 2. The summed E-state index contributed by atoms with van der Waals surface area (Å²) in [6, 6.07) is 0. The van der Waals surface area contributed by atoms with E-state index in [2.05, 4.69) is 26.8 Å². The zero-order valence-electron chi connectivity index (χ0n) is 16.7. The minimum atomic E-state index is -0.182. The summed E-state index contributed by atoms with van der Waals surface area (Å²) in [5, 5.41) is 21.0. The Morgan fingerprint density at radius 1 is 1.19 bits per heavy atom. The van der Waals surface area contributed by atoms with Crippen molar-refractivity contribution in [3.63, 3.8) is 0 Å². The van der Waals surface area contributed by atoms with Crippen molar-refractivity contribution in [1.82, 2.24) is 0 Å². The highest BCUT2D eigenvalue weighted by atomic mass is 35.5. The van der Waals surface area contributed by atoms with Gasteiger partial charge in [-0.3, -0.25) is 0 Å². The van der Waals surface area contributed by atoms with Crippen LogP contribution in [-0.4, -0.2) is 29.0 Å². The zero-order valence-corrected chi connectivity index (χ0v) is 17.5. The average Bonchev–Trinajstić information content (AvgIpc) is 2.85. The van der Waals surface area contributed by atoms with Crippen molar-refractivity contribution in [2.75, 3.05) is 6.54 Å². The molecule has 4 N–H and O–H groups in total. The molecule has 3 saturated carbocycles. The molecule has 0 aromatic heterocycles. The Bertz CT molecular complexity index is 566. The maximum absolute atomic E-state index is 10.9. The molecule has 0 amide bonds. The van der Waals surface area contributed by atoms with Crippen molar-refractivity contribution in [3.8, 4) is 0 Å². The second-order valence-electron chi connectivity index (χ2n) is 10.2. The number of halogens is 1. The van der Waals surface area contributed by atoms with E-state index in [0.29, 0.717) is 30.2 Å². The van der Waals surface area contributed by atoms with Crippen molar-refractivity contribution >= 4 is 12.4 Å². The highest BCUT2D eigenvalue weighted by Crippen LogP contribution is 2.67. The second-order valence-corrected chi connectivity index (χ2v) is 10.2. The Hall–Kier alpha value is -0.0900. The number of allylic oxidation sites excluding steroid dienone is 1. The minimum Gasteiger partial charge on any atom is -0.393 e. The van der Waals surface area contributed by atoms with Crippen molar-refractivity contribution in [2.45, 2.75) is 77.9 Å². The monoisotopic (exact) mass is 383 g/mol. The van der Waals surface area contributed by atoms with Gasteiger partial charge in [-0.1, -0.05) is 32.4 Å². The lowest BCUT2D eigenvalue weighted by Gasteiger charge is -2.58. The molecule has 0 aliphatic heterocycles. The zero-order chi connectivity index (χ0) is 18.0. The highest BCUT2D eigenvalue weighted by Gasteiger charge is 2.61. The Morgan fingerprint density at radius 2 is 1.92 bits per heavy atom. The molecule has 0 heterocycles. The van der Waals surface area contributed by atoms with E-state index in [1.165, 1.54) is 18.4 Å². The van der Waals surface area contributed by atoms with Gasteiger partial charge in [0.25, 0.3) is 0 Å². The van der Waals surface area contributed by atoms with Gasteiger partial charge in [0.1, 0.15) is 0 Å². The number of hydrogen-bond acceptors (Lipinski definition) is 3. The van der Waals surface area contributed by atoms with E-state index in [4.69, 9.17) is 5.73 Å². The largest absolute Gasteiger partial charge is 0.393 e. The van der Waals surface area contributed by atoms with Gasteiger partial charge in [-0.15, -0.1) is 12.4 Å². The summed E-state index contributed by atoms with van der Waals surface area (Å²) in [6.45, 7) is 7.83. The van der Waals surface area contributed by atoms with E-state index >= 15 is 0 Å². The van der Waals surface area contributed by atoms with Crippen LogP contribution in [0, 0.1) is 40.4 Å². The molecule has 0 spiro atoms. The standard InChI is InChI=1S/C22H37NO2.ClH/c1-13(12-23)20-19(25)11-18-16-5-4-14-10-15(24)6-8-21(14,2)17(16)7-9-22(18,20)3;/h4,13,15-20,24-25H,5-12,23H2,1-3H3;1H/t13-,15+,16?,17?,18?,19+,20+,21+,22+;/m1./s1. The van der Waals surface area contributed by atoms with E-state index in [1.807, 2.05) is 0 Å². The Morgan fingerprint density at radius 3 is 2.62 bits per heavy atom. The van der Waals surface area contributed by atoms with Crippen LogP contribution in [0.4, 0.5) is 0 Å². The summed E-state index contributed by atoms with van der Waals surface area (Å²) in [7, 11) is 0. The van der Waals surface area contributed by atoms with Crippen LogP contribution < -0.4 is 5.73 Å². The fraction of sp³-hybridized carbons (Fsp3) is 0.909. The third kappa shape index (κ3) is 2.80. The average molecular weight is 384 g/mol. The summed E-state index contributed by atoms with van der Waals surface area (Å²) in [5.74, 6) is 2.82. The summed E-state index contributed by atoms with van der Waals surface area (Å²) in [4.78, 5) is 0. The first-order valence-electron chi connectivity index (χ1n) is 10.6. The molecule has 3 unspecified atom stereocenters. The fourth-order valence-corrected chi connectivity index (χ4v) is 7.87. The highest BCUT2D eigenvalue weighted by molar-refractivity contribution is 5.85. The van der Waals surface area contributed by atoms with Crippen LogP contribution in [0.2, 0.25) is 0 Å². The first-order chi connectivity index (χ1) is 11.8. The van der Waals surface area contributed by atoms with E-state index in [-0.39, 0.29) is 35.4 Å². The van der Waals surface area contributed by atoms with Gasteiger partial charge in [-0.25, -0.2) is 0 Å². The van der Waals surface area contributed by atoms with Crippen LogP contribution in [0.1, 0.15) is 65.7 Å². The third-order valence-corrected chi connectivity index (χ3v) is 9.17. The number of hydrogen-bond donors (Lipinski definition) is 3. The van der Waals surface area contributed by atoms with Gasteiger partial charge in [-0.05, 0) is 91.9 Å². The maximum atomic E-state index is 10.9. The molecule has 4 aliphatic carbocycles. The smallest absolute Gasteiger partial charge is 0.0579 e. The van der Waals surface area contributed by atoms with Crippen molar-refractivity contribution in [1.29, 1.82) is 0 Å². The number of nitrogens with two attached hydrogens (primary N) is 1. The lowest BCUT2D eigenvalue weighted by molar-refractivity contribution is -0.0603. The Balaban J connectivity index is 0.00000196. The molecule has 9 atom stereocenters. The topological polar surface area (TPSA) is 66.5 Å². The van der Waals surface area contributed by atoms with E-state index in [9.17, 15) is 10.2 Å². The summed E-state index contributed by atoms with van der Waals surface area (Å²) < 4.78 is 0. The first-order valence-corrected chi connectivity index (χ1v) is 10.6. The van der Waals surface area contributed by atoms with Crippen molar-refractivity contribution < 1.29 is 10.2 Å². The van der Waals surface area contributed by atoms with Crippen LogP contribution in [0.15, 0.2) is 11.6 Å². The van der Waals surface area contributed by atoms with Crippen LogP contribution >= 0.6 is 12.4 Å². The van der Waals surface area contributed by atoms with Crippen LogP contribution in [0.25, 0.3) is 0 Å². The van der Waals surface area contributed by atoms with Crippen LogP contribution in [0.3, 0.4) is 0 Å². The normalized spacial score (nSPS) is 51.4. The quantitative estimate of drug-likeness (QED) is 0.633. The predicted molar refractivity (Wildman–Crippen MR) is 108 cm³/mol. The molecule has 0 aromatic carbocycles. The molecule has 0 aromatic rings. The fourth-order valence-electron chi connectivity index (χ4n) is 7.87. The molecule has 26 heavy (non-hydrogen) atoms. The summed E-state index contributed by atoms with van der Waals surface area (Å²) in [5.41, 5.74) is 8.06. The second kappa shape index (κ2) is 7.06. The molecule has 150 valence electrons. The number of aliphatic hydroxyl groups excluding tert-OH is 2. The van der Waals surface area contributed by atoms with Crippen LogP contribution in [0.5, 0.6) is 0 Å². The Kier molecular flexibility index (Phi) is 5.60. The third-order valence-electron chi connectivity index (χ3n) is 9.17. The lowest BCUT2D eigenvalue weighted by atomic mass is 9.47. The van der Waals surface area contributed by atoms with Gasteiger partial charge in [0, 0.05) is 0 Å². The SMILES string of the molecule is C[C@H](CN)[C@H]1[C@@H](O)CC2C3CC=C4C[C@@H](O)CC[C@]4(C)C3CC[C@@]21C.Cl. The predicted octanol–water partition coefficient (Wildman–Crippen LogP) is 3.91. The molecule has 4 aliphatic rings. The van der Waals surface area contributed by atoms with Gasteiger partial charge < -0.3 is 15.9 Å².